The molecule has 4 nitrogen and oxygen atoms in total. The normalized spacial score (nSPS) is 10.1. The van der Waals surface area contributed by atoms with Gasteiger partial charge in [0.2, 0.25) is 0 Å². The van der Waals surface area contributed by atoms with Gasteiger partial charge in [-0.05, 0) is 62.5 Å². The summed E-state index contributed by atoms with van der Waals surface area (Å²) < 4.78 is 5.47. The zero-order chi connectivity index (χ0) is 18.8. The molecule has 0 aliphatic rings. The molecule has 0 saturated heterocycles. The average molecular weight is 370 g/mol. The Morgan fingerprint density at radius 3 is 2.46 bits per heavy atom. The van der Waals surface area contributed by atoms with E-state index in [-0.39, 0.29) is 0 Å². The zero-order valence-corrected chi connectivity index (χ0v) is 16.3. The van der Waals surface area contributed by atoms with E-state index in [1.807, 2.05) is 24.3 Å². The second-order valence-electron chi connectivity index (χ2n) is 5.92. The first-order valence-corrected chi connectivity index (χ1v) is 9.23. The van der Waals surface area contributed by atoms with Crippen LogP contribution in [0, 0.1) is 6.92 Å². The Morgan fingerprint density at radius 2 is 1.85 bits per heavy atom. The van der Waals surface area contributed by atoms with Crippen LogP contribution >= 0.6 is 12.2 Å². The molecule has 26 heavy (non-hydrogen) atoms. The Bertz CT molecular complexity index is 698. The minimum absolute atomic E-state index is 0.502. The molecule has 0 saturated carbocycles. The van der Waals surface area contributed by atoms with Gasteiger partial charge in [0, 0.05) is 31.0 Å². The molecular formula is C21H27N3OS. The van der Waals surface area contributed by atoms with E-state index in [2.05, 4.69) is 60.2 Å². The molecule has 2 N–H and O–H groups in total. The van der Waals surface area contributed by atoms with Gasteiger partial charge in [0.15, 0.2) is 5.11 Å². The summed E-state index contributed by atoms with van der Waals surface area (Å²) in [7, 11) is 0. The summed E-state index contributed by atoms with van der Waals surface area (Å²) in [6.07, 6.45) is 1.72. The van der Waals surface area contributed by atoms with Crippen LogP contribution in [0.4, 0.5) is 11.4 Å². The molecule has 0 bridgehead atoms. The number of likely N-dealkylation sites (N-methyl/N-ethyl adjacent to an activating group) is 1. The number of ether oxygens (including phenoxy) is 1. The van der Waals surface area contributed by atoms with Gasteiger partial charge >= 0.3 is 0 Å². The molecule has 138 valence electrons. The van der Waals surface area contributed by atoms with Crippen molar-refractivity contribution < 1.29 is 4.74 Å². The third-order valence-electron chi connectivity index (χ3n) is 3.93. The standard InChI is InChI=1S/C21H27N3OS/c1-4-16-25-20-12-8-18(9-13-20)23-21(26)22-14-15-24(5-2)19-10-6-17(3)7-11-19/h4,6-13H,1,5,14-16H2,2-3H3,(H2,22,23,26). The summed E-state index contributed by atoms with van der Waals surface area (Å²) in [5, 5.41) is 7.07. The fourth-order valence-corrected chi connectivity index (χ4v) is 2.71. The summed E-state index contributed by atoms with van der Waals surface area (Å²) in [6.45, 7) is 11.0. The van der Waals surface area contributed by atoms with Crippen molar-refractivity contribution in [1.29, 1.82) is 0 Å². The van der Waals surface area contributed by atoms with Crippen molar-refractivity contribution in [3.63, 3.8) is 0 Å². The van der Waals surface area contributed by atoms with Crippen LogP contribution in [0.15, 0.2) is 61.2 Å². The van der Waals surface area contributed by atoms with E-state index in [0.717, 1.165) is 31.1 Å². The Kier molecular flexibility index (Phi) is 7.96. The molecule has 0 fully saturated rings. The first-order chi connectivity index (χ1) is 12.6. The second-order valence-corrected chi connectivity index (χ2v) is 6.33. The number of thiocarbonyl (C=S) groups is 1. The molecule has 2 aromatic rings. The molecule has 0 spiro atoms. The maximum absolute atomic E-state index is 5.47. The average Bonchev–Trinajstić information content (AvgIpc) is 2.65. The van der Waals surface area contributed by atoms with Gasteiger partial charge in [-0.3, -0.25) is 0 Å². The molecule has 5 heteroatoms. The minimum Gasteiger partial charge on any atom is -0.490 e. The van der Waals surface area contributed by atoms with E-state index in [1.165, 1.54) is 11.3 Å². The number of nitrogens with zero attached hydrogens (tertiary/aromatic N) is 1. The van der Waals surface area contributed by atoms with Gasteiger partial charge in [0.25, 0.3) is 0 Å². The van der Waals surface area contributed by atoms with Gasteiger partial charge in [-0.25, -0.2) is 0 Å². The van der Waals surface area contributed by atoms with Crippen molar-refractivity contribution in [1.82, 2.24) is 5.32 Å². The highest BCUT2D eigenvalue weighted by Gasteiger charge is 2.04. The lowest BCUT2D eigenvalue weighted by atomic mass is 10.2. The third kappa shape index (κ3) is 6.41. The Morgan fingerprint density at radius 1 is 1.15 bits per heavy atom. The van der Waals surface area contributed by atoms with E-state index in [0.29, 0.717) is 11.7 Å². The molecule has 0 radical (unpaired) electrons. The number of benzene rings is 2. The molecule has 2 aromatic carbocycles. The van der Waals surface area contributed by atoms with E-state index in [4.69, 9.17) is 17.0 Å². The second kappa shape index (κ2) is 10.5. The van der Waals surface area contributed by atoms with Crippen molar-refractivity contribution in [2.24, 2.45) is 0 Å². The van der Waals surface area contributed by atoms with Gasteiger partial charge < -0.3 is 20.3 Å². The number of nitrogens with one attached hydrogen (secondary N) is 2. The van der Waals surface area contributed by atoms with Crippen LogP contribution in [-0.4, -0.2) is 31.4 Å². The smallest absolute Gasteiger partial charge is 0.170 e. The topological polar surface area (TPSA) is 36.5 Å². The molecule has 0 aliphatic carbocycles. The first kappa shape index (κ1) is 19.8. The first-order valence-electron chi connectivity index (χ1n) is 8.82. The number of hydrogen-bond donors (Lipinski definition) is 2. The maximum Gasteiger partial charge on any atom is 0.170 e. The molecule has 0 unspecified atom stereocenters. The van der Waals surface area contributed by atoms with Gasteiger partial charge in [0.1, 0.15) is 12.4 Å². The SMILES string of the molecule is C=CCOc1ccc(NC(=S)NCCN(CC)c2ccc(C)cc2)cc1. The minimum atomic E-state index is 0.502. The molecule has 0 aliphatic heterocycles. The molecule has 0 aromatic heterocycles. The molecule has 2 rings (SSSR count). The van der Waals surface area contributed by atoms with E-state index < -0.39 is 0 Å². The van der Waals surface area contributed by atoms with Crippen LogP contribution in [0.5, 0.6) is 5.75 Å². The predicted molar refractivity (Wildman–Crippen MR) is 115 cm³/mol. The lowest BCUT2D eigenvalue weighted by molar-refractivity contribution is 0.363. The summed E-state index contributed by atoms with van der Waals surface area (Å²) >= 11 is 5.38. The molecule has 0 atom stereocenters. The summed E-state index contributed by atoms with van der Waals surface area (Å²) in [6, 6.07) is 16.3. The van der Waals surface area contributed by atoms with Crippen LogP contribution < -0.4 is 20.3 Å². The highest BCUT2D eigenvalue weighted by atomic mass is 32.1. The monoisotopic (exact) mass is 369 g/mol. The number of aryl methyl sites for hydroxylation is 1. The van der Waals surface area contributed by atoms with Crippen LogP contribution in [0.1, 0.15) is 12.5 Å². The number of rotatable bonds is 9. The molecule has 0 heterocycles. The van der Waals surface area contributed by atoms with Crippen molar-refractivity contribution in [2.75, 3.05) is 36.5 Å². The summed E-state index contributed by atoms with van der Waals surface area (Å²) in [5.41, 5.74) is 3.43. The van der Waals surface area contributed by atoms with Crippen LogP contribution in [-0.2, 0) is 0 Å². The lowest BCUT2D eigenvalue weighted by Crippen LogP contribution is -2.36. The van der Waals surface area contributed by atoms with Gasteiger partial charge in [0.05, 0.1) is 0 Å². The fraction of sp³-hybridized carbons (Fsp3) is 0.286. The van der Waals surface area contributed by atoms with Crippen molar-refractivity contribution >= 4 is 28.7 Å². The Labute approximate surface area is 161 Å². The summed E-state index contributed by atoms with van der Waals surface area (Å²) in [4.78, 5) is 2.32. The highest BCUT2D eigenvalue weighted by Crippen LogP contribution is 2.16. The molecular weight excluding hydrogens is 342 g/mol. The molecule has 0 amide bonds. The van der Waals surface area contributed by atoms with E-state index >= 15 is 0 Å². The Hall–Kier alpha value is -2.53. The quantitative estimate of drug-likeness (QED) is 0.507. The largest absolute Gasteiger partial charge is 0.490 e. The zero-order valence-electron chi connectivity index (χ0n) is 15.5. The van der Waals surface area contributed by atoms with Gasteiger partial charge in [-0.15, -0.1) is 0 Å². The predicted octanol–water partition coefficient (Wildman–Crippen LogP) is 4.37. The van der Waals surface area contributed by atoms with Crippen LogP contribution in [0.25, 0.3) is 0 Å². The van der Waals surface area contributed by atoms with Crippen molar-refractivity contribution in [2.45, 2.75) is 13.8 Å². The third-order valence-corrected chi connectivity index (χ3v) is 4.17. The maximum atomic E-state index is 5.47. The van der Waals surface area contributed by atoms with Crippen molar-refractivity contribution in [3.05, 3.63) is 66.7 Å². The number of anilines is 2. The summed E-state index contributed by atoms with van der Waals surface area (Å²) in [5.74, 6) is 0.811. The van der Waals surface area contributed by atoms with Crippen molar-refractivity contribution in [3.8, 4) is 5.75 Å². The number of hydrogen-bond acceptors (Lipinski definition) is 3. The van der Waals surface area contributed by atoms with Gasteiger partial charge in [-0.2, -0.15) is 0 Å². The van der Waals surface area contributed by atoms with Crippen LogP contribution in [0.2, 0.25) is 0 Å². The Balaban J connectivity index is 1.77. The van der Waals surface area contributed by atoms with Gasteiger partial charge in [-0.1, -0.05) is 30.4 Å². The van der Waals surface area contributed by atoms with E-state index in [9.17, 15) is 0 Å². The fourth-order valence-electron chi connectivity index (χ4n) is 2.49. The highest BCUT2D eigenvalue weighted by molar-refractivity contribution is 7.80. The van der Waals surface area contributed by atoms with E-state index in [1.54, 1.807) is 6.08 Å². The van der Waals surface area contributed by atoms with Crippen LogP contribution in [0.3, 0.4) is 0 Å². The lowest BCUT2D eigenvalue weighted by Gasteiger charge is -2.24.